The topological polar surface area (TPSA) is 94.8 Å². The molecule has 0 spiro atoms. The van der Waals surface area contributed by atoms with Crippen LogP contribution in [0.3, 0.4) is 0 Å². The molecule has 0 atom stereocenters. The van der Waals surface area contributed by atoms with Crippen molar-refractivity contribution in [3.63, 3.8) is 0 Å². The van der Waals surface area contributed by atoms with Crippen LogP contribution in [0.15, 0.2) is 4.52 Å². The molecule has 1 saturated heterocycles. The van der Waals surface area contributed by atoms with E-state index in [9.17, 15) is 9.59 Å². The quantitative estimate of drug-likeness (QED) is 0.779. The highest BCUT2D eigenvalue weighted by Crippen LogP contribution is 2.26. The maximum Gasteiger partial charge on any atom is 0.410 e. The molecule has 1 aliphatic rings. The fraction of sp³-hybridized carbons (Fsp3) is 0.692. The van der Waals surface area contributed by atoms with Crippen molar-refractivity contribution in [2.75, 3.05) is 13.1 Å². The van der Waals surface area contributed by atoms with Gasteiger partial charge in [0.05, 0.1) is 5.92 Å². The summed E-state index contributed by atoms with van der Waals surface area (Å²) in [5.41, 5.74) is -0.508. The first-order valence-corrected chi connectivity index (χ1v) is 6.68. The number of nitrogens with zero attached hydrogens (tertiary/aromatic N) is 3. The number of ether oxygens (including phenoxy) is 2. The maximum absolute atomic E-state index is 11.8. The summed E-state index contributed by atoms with van der Waals surface area (Å²) in [4.78, 5) is 28.2. The number of amides is 1. The smallest absolute Gasteiger partial charge is 0.410 e. The Morgan fingerprint density at radius 3 is 2.62 bits per heavy atom. The number of aromatic nitrogens is 2. The van der Waals surface area contributed by atoms with Gasteiger partial charge in [0.2, 0.25) is 0 Å². The Labute approximate surface area is 122 Å². The van der Waals surface area contributed by atoms with E-state index in [1.165, 1.54) is 6.92 Å². The van der Waals surface area contributed by atoms with Gasteiger partial charge in [0.15, 0.2) is 12.4 Å². The molecule has 2 heterocycles. The van der Waals surface area contributed by atoms with Crippen molar-refractivity contribution in [1.29, 1.82) is 0 Å². The molecule has 1 fully saturated rings. The third kappa shape index (κ3) is 4.17. The van der Waals surface area contributed by atoms with Crippen molar-refractivity contribution in [2.24, 2.45) is 0 Å². The van der Waals surface area contributed by atoms with E-state index in [4.69, 9.17) is 14.0 Å². The maximum atomic E-state index is 11.8. The van der Waals surface area contributed by atoms with E-state index in [2.05, 4.69) is 10.1 Å². The van der Waals surface area contributed by atoms with Gasteiger partial charge < -0.3 is 18.9 Å². The summed E-state index contributed by atoms with van der Waals surface area (Å²) in [5, 5.41) is 3.83. The summed E-state index contributed by atoms with van der Waals surface area (Å²) in [6.45, 7) is 7.71. The summed E-state index contributed by atoms with van der Waals surface area (Å²) in [6, 6.07) is 0. The summed E-state index contributed by atoms with van der Waals surface area (Å²) in [5.74, 6) is 0.370. The molecule has 0 radical (unpaired) electrons. The average Bonchev–Trinajstić information content (AvgIpc) is 2.70. The largest absolute Gasteiger partial charge is 0.456 e. The van der Waals surface area contributed by atoms with Gasteiger partial charge in [-0.3, -0.25) is 4.79 Å². The van der Waals surface area contributed by atoms with E-state index < -0.39 is 11.6 Å². The number of esters is 1. The molecule has 0 unspecified atom stereocenters. The van der Waals surface area contributed by atoms with Gasteiger partial charge in [-0.1, -0.05) is 5.16 Å². The van der Waals surface area contributed by atoms with E-state index in [0.717, 1.165) is 0 Å². The monoisotopic (exact) mass is 297 g/mol. The average molecular weight is 297 g/mol. The molecule has 116 valence electrons. The van der Waals surface area contributed by atoms with E-state index in [0.29, 0.717) is 18.9 Å². The first-order chi connectivity index (χ1) is 9.74. The lowest BCUT2D eigenvalue weighted by molar-refractivity contribution is -0.143. The zero-order valence-electron chi connectivity index (χ0n) is 12.6. The van der Waals surface area contributed by atoms with E-state index in [1.54, 1.807) is 4.90 Å². The molecular weight excluding hydrogens is 278 g/mol. The molecule has 0 N–H and O–H groups in total. The molecule has 8 heteroatoms. The van der Waals surface area contributed by atoms with Crippen molar-refractivity contribution >= 4 is 12.1 Å². The van der Waals surface area contributed by atoms with E-state index in [-0.39, 0.29) is 24.5 Å². The van der Waals surface area contributed by atoms with Gasteiger partial charge in [0, 0.05) is 20.0 Å². The number of hydrogen-bond acceptors (Lipinski definition) is 7. The zero-order chi connectivity index (χ0) is 15.6. The third-order valence-corrected chi connectivity index (χ3v) is 2.78. The lowest BCUT2D eigenvalue weighted by Crippen LogP contribution is -2.50. The second-order valence-corrected chi connectivity index (χ2v) is 5.91. The lowest BCUT2D eigenvalue weighted by atomic mass is 10.0. The van der Waals surface area contributed by atoms with Gasteiger partial charge in [-0.25, -0.2) is 4.79 Å². The van der Waals surface area contributed by atoms with Crippen LogP contribution in [-0.2, 0) is 20.9 Å². The molecule has 8 nitrogen and oxygen atoms in total. The molecule has 1 aliphatic heterocycles. The SMILES string of the molecule is CC(=O)OCc1nc(C2CN(C(=O)OC(C)(C)C)C2)no1. The number of carbonyl (C=O) groups is 2. The van der Waals surface area contributed by atoms with Gasteiger partial charge in [-0.15, -0.1) is 0 Å². The minimum absolute atomic E-state index is 0.0207. The molecule has 1 aromatic heterocycles. The standard InChI is InChI=1S/C13H19N3O5/c1-8(17)19-7-10-14-11(15-21-10)9-5-16(6-9)12(18)20-13(2,3)4/h9H,5-7H2,1-4H3. The van der Waals surface area contributed by atoms with Crippen molar-refractivity contribution < 1.29 is 23.6 Å². The molecular formula is C13H19N3O5. The first kappa shape index (κ1) is 15.3. The fourth-order valence-electron chi connectivity index (χ4n) is 1.77. The van der Waals surface area contributed by atoms with Crippen LogP contribution in [0.2, 0.25) is 0 Å². The highest BCUT2D eigenvalue weighted by molar-refractivity contribution is 5.69. The zero-order valence-corrected chi connectivity index (χ0v) is 12.6. The highest BCUT2D eigenvalue weighted by atomic mass is 16.6. The number of hydrogen-bond donors (Lipinski definition) is 0. The summed E-state index contributed by atoms with van der Waals surface area (Å²) in [6.07, 6.45) is -0.345. The van der Waals surface area contributed by atoms with Crippen LogP contribution in [0, 0.1) is 0 Å². The second kappa shape index (κ2) is 5.71. The van der Waals surface area contributed by atoms with Gasteiger partial charge >= 0.3 is 12.1 Å². The normalized spacial score (nSPS) is 15.5. The van der Waals surface area contributed by atoms with Gasteiger partial charge in [0.1, 0.15) is 5.60 Å². The third-order valence-electron chi connectivity index (χ3n) is 2.78. The van der Waals surface area contributed by atoms with Crippen molar-refractivity contribution in [2.45, 2.75) is 45.8 Å². The van der Waals surface area contributed by atoms with Crippen LogP contribution in [0.25, 0.3) is 0 Å². The minimum Gasteiger partial charge on any atom is -0.456 e. The Morgan fingerprint density at radius 1 is 1.38 bits per heavy atom. The van der Waals surface area contributed by atoms with Crippen LogP contribution in [0.4, 0.5) is 4.79 Å². The first-order valence-electron chi connectivity index (χ1n) is 6.68. The van der Waals surface area contributed by atoms with Crippen LogP contribution in [0.1, 0.15) is 45.3 Å². The van der Waals surface area contributed by atoms with Gasteiger partial charge in [-0.2, -0.15) is 4.98 Å². The fourth-order valence-corrected chi connectivity index (χ4v) is 1.77. The Balaban J connectivity index is 1.82. The summed E-state index contributed by atoms with van der Waals surface area (Å²) in [7, 11) is 0. The molecule has 1 aromatic rings. The molecule has 0 bridgehead atoms. The Hall–Kier alpha value is -2.12. The van der Waals surface area contributed by atoms with Crippen LogP contribution in [-0.4, -0.2) is 45.8 Å². The summed E-state index contributed by atoms with van der Waals surface area (Å²) < 4.78 is 15.0. The minimum atomic E-state index is -0.508. The van der Waals surface area contributed by atoms with Gasteiger partial charge in [0.25, 0.3) is 5.89 Å². The van der Waals surface area contributed by atoms with E-state index >= 15 is 0 Å². The van der Waals surface area contributed by atoms with Crippen molar-refractivity contribution in [3.8, 4) is 0 Å². The molecule has 0 saturated carbocycles. The van der Waals surface area contributed by atoms with Crippen LogP contribution < -0.4 is 0 Å². The van der Waals surface area contributed by atoms with Gasteiger partial charge in [-0.05, 0) is 20.8 Å². The number of likely N-dealkylation sites (tertiary alicyclic amines) is 1. The summed E-state index contributed by atoms with van der Waals surface area (Å²) >= 11 is 0. The van der Waals surface area contributed by atoms with Crippen molar-refractivity contribution in [1.82, 2.24) is 15.0 Å². The predicted octanol–water partition coefficient (Wildman–Crippen LogP) is 1.47. The Kier molecular flexibility index (Phi) is 4.15. The molecule has 2 rings (SSSR count). The Bertz CT molecular complexity index is 528. The number of carbonyl (C=O) groups excluding carboxylic acids is 2. The Morgan fingerprint density at radius 2 is 2.05 bits per heavy atom. The molecule has 0 aliphatic carbocycles. The molecule has 1 amide bonds. The number of rotatable bonds is 3. The molecule has 0 aromatic carbocycles. The van der Waals surface area contributed by atoms with E-state index in [1.807, 2.05) is 20.8 Å². The highest BCUT2D eigenvalue weighted by Gasteiger charge is 2.37. The predicted molar refractivity (Wildman–Crippen MR) is 70.3 cm³/mol. The van der Waals surface area contributed by atoms with Crippen LogP contribution >= 0.6 is 0 Å². The second-order valence-electron chi connectivity index (χ2n) is 5.91. The molecule has 21 heavy (non-hydrogen) atoms. The van der Waals surface area contributed by atoms with Crippen molar-refractivity contribution in [3.05, 3.63) is 11.7 Å². The lowest BCUT2D eigenvalue weighted by Gasteiger charge is -2.38. The van der Waals surface area contributed by atoms with Crippen LogP contribution in [0.5, 0.6) is 0 Å².